The number of nitro benzene ring substituents is 1. The number of hydrogen-bond acceptors (Lipinski definition) is 5. The van der Waals surface area contributed by atoms with E-state index in [-0.39, 0.29) is 11.6 Å². The second-order valence-electron chi connectivity index (χ2n) is 11.4. The molecule has 0 saturated heterocycles. The zero-order valence-electron chi connectivity index (χ0n) is 25.0. The monoisotopic (exact) mass is 605 g/mol. The van der Waals surface area contributed by atoms with Gasteiger partial charge in [0.1, 0.15) is 18.5 Å². The summed E-state index contributed by atoms with van der Waals surface area (Å²) in [4.78, 5) is 29.5. The summed E-state index contributed by atoms with van der Waals surface area (Å²) in [6, 6.07) is 46.8. The molecule has 1 atom stereocenters. The molecule has 226 valence electrons. The van der Waals surface area contributed by atoms with Crippen molar-refractivity contribution in [2.75, 3.05) is 4.90 Å². The quantitative estimate of drug-likeness (QED) is 0.122. The summed E-state index contributed by atoms with van der Waals surface area (Å²) >= 11 is 0. The Morgan fingerprint density at radius 2 is 1.30 bits per heavy atom. The minimum atomic E-state index is -0.478. The second-order valence-corrected chi connectivity index (χ2v) is 11.4. The van der Waals surface area contributed by atoms with Crippen LogP contribution in [-0.2, 0) is 19.7 Å². The highest BCUT2D eigenvalue weighted by molar-refractivity contribution is 6.02. The largest absolute Gasteiger partial charge is 0.489 e. The third kappa shape index (κ3) is 5.78. The zero-order chi connectivity index (χ0) is 31.5. The smallest absolute Gasteiger partial charge is 0.270 e. The molecule has 7 heteroatoms. The number of benzene rings is 6. The molecule has 1 aliphatic heterocycles. The number of ether oxygens (including phenoxy) is 1. The highest BCUT2D eigenvalue weighted by Gasteiger charge is 2.39. The molecule has 0 aliphatic carbocycles. The number of nitro groups is 1. The van der Waals surface area contributed by atoms with Gasteiger partial charge in [-0.1, -0.05) is 115 Å². The predicted molar refractivity (Wildman–Crippen MR) is 179 cm³/mol. The molecule has 0 saturated carbocycles. The molecule has 0 fully saturated rings. The van der Waals surface area contributed by atoms with Crippen molar-refractivity contribution in [1.29, 1.82) is 0 Å². The Morgan fingerprint density at radius 3 is 2.00 bits per heavy atom. The molecule has 7 rings (SSSR count). The molecular weight excluding hydrogens is 574 g/mol. The Bertz CT molecular complexity index is 2010. The number of rotatable bonds is 9. The Hall–Kier alpha value is -5.95. The molecule has 0 N–H and O–H groups in total. The van der Waals surface area contributed by atoms with Gasteiger partial charge < -0.3 is 14.5 Å². The van der Waals surface area contributed by atoms with Crippen molar-refractivity contribution in [2.45, 2.75) is 25.9 Å². The first-order valence-corrected chi connectivity index (χ1v) is 15.2. The summed E-state index contributed by atoms with van der Waals surface area (Å²) < 4.78 is 6.24. The Morgan fingerprint density at radius 1 is 0.674 bits per heavy atom. The fourth-order valence-electron chi connectivity index (χ4n) is 6.19. The third-order valence-electron chi connectivity index (χ3n) is 8.43. The van der Waals surface area contributed by atoms with Crippen LogP contribution in [0.5, 0.6) is 5.75 Å². The summed E-state index contributed by atoms with van der Waals surface area (Å²) in [5.41, 5.74) is 4.89. The van der Waals surface area contributed by atoms with Gasteiger partial charge in [-0.3, -0.25) is 14.9 Å². The average molecular weight is 606 g/mol. The van der Waals surface area contributed by atoms with Crippen molar-refractivity contribution in [2.24, 2.45) is 0 Å². The number of non-ortho nitro benzene ring substituents is 1. The van der Waals surface area contributed by atoms with Crippen molar-refractivity contribution in [3.05, 3.63) is 184 Å². The summed E-state index contributed by atoms with van der Waals surface area (Å²) in [6.07, 6.45) is -0.478. The summed E-state index contributed by atoms with van der Waals surface area (Å²) in [5, 5.41) is 14.1. The predicted octanol–water partition coefficient (Wildman–Crippen LogP) is 8.69. The fraction of sp³-hybridized carbons (Fsp3) is 0.103. The van der Waals surface area contributed by atoms with Gasteiger partial charge >= 0.3 is 0 Å². The van der Waals surface area contributed by atoms with Crippen molar-refractivity contribution < 1.29 is 14.5 Å². The molecule has 0 unspecified atom stereocenters. The highest BCUT2D eigenvalue weighted by atomic mass is 16.6. The lowest BCUT2D eigenvalue weighted by Crippen LogP contribution is -2.48. The van der Waals surface area contributed by atoms with Crippen LogP contribution in [0, 0.1) is 10.1 Å². The molecule has 0 aromatic heterocycles. The number of amides is 1. The van der Waals surface area contributed by atoms with Gasteiger partial charge in [-0.05, 0) is 51.2 Å². The summed E-state index contributed by atoms with van der Waals surface area (Å²) in [6.45, 7) is 1.25. The van der Waals surface area contributed by atoms with Gasteiger partial charge in [-0.15, -0.1) is 0 Å². The van der Waals surface area contributed by atoms with E-state index in [1.807, 2.05) is 103 Å². The first-order chi connectivity index (χ1) is 22.5. The molecule has 6 aromatic carbocycles. The minimum absolute atomic E-state index is 0.113. The maximum Gasteiger partial charge on any atom is 0.270 e. The third-order valence-corrected chi connectivity index (χ3v) is 8.43. The van der Waals surface area contributed by atoms with Crippen LogP contribution in [0.2, 0.25) is 0 Å². The lowest BCUT2D eigenvalue weighted by Gasteiger charge is -2.46. The van der Waals surface area contributed by atoms with Gasteiger partial charge in [-0.2, -0.15) is 0 Å². The van der Waals surface area contributed by atoms with Crippen molar-refractivity contribution in [3.63, 3.8) is 0 Å². The van der Waals surface area contributed by atoms with E-state index in [2.05, 4.69) is 29.2 Å². The lowest BCUT2D eigenvalue weighted by atomic mass is 9.98. The maximum atomic E-state index is 14.3. The van der Waals surface area contributed by atoms with Gasteiger partial charge in [0.25, 0.3) is 11.6 Å². The van der Waals surface area contributed by atoms with E-state index in [0.717, 1.165) is 33.4 Å². The number of hydrogen-bond donors (Lipinski definition) is 0. The van der Waals surface area contributed by atoms with Crippen molar-refractivity contribution in [3.8, 4) is 5.75 Å². The van der Waals surface area contributed by atoms with Crippen LogP contribution in [0.3, 0.4) is 0 Å². The number of anilines is 1. The van der Waals surface area contributed by atoms with Crippen molar-refractivity contribution >= 4 is 28.1 Å². The van der Waals surface area contributed by atoms with Crippen molar-refractivity contribution in [1.82, 2.24) is 4.90 Å². The molecule has 0 bridgehead atoms. The Balaban J connectivity index is 1.27. The summed E-state index contributed by atoms with van der Waals surface area (Å²) in [7, 11) is 0. The molecule has 1 aliphatic rings. The fourth-order valence-corrected chi connectivity index (χ4v) is 6.19. The first kappa shape index (κ1) is 28.8. The Kier molecular flexibility index (Phi) is 7.87. The highest BCUT2D eigenvalue weighted by Crippen LogP contribution is 2.42. The Labute approximate surface area is 267 Å². The van der Waals surface area contributed by atoms with E-state index < -0.39 is 11.1 Å². The van der Waals surface area contributed by atoms with Crippen LogP contribution < -0.4 is 9.64 Å². The van der Waals surface area contributed by atoms with E-state index in [4.69, 9.17) is 4.74 Å². The van der Waals surface area contributed by atoms with E-state index in [1.54, 1.807) is 11.0 Å². The van der Waals surface area contributed by atoms with Gasteiger partial charge in [0.15, 0.2) is 0 Å². The maximum absolute atomic E-state index is 14.3. The van der Waals surface area contributed by atoms with Crippen LogP contribution in [0.1, 0.15) is 38.8 Å². The van der Waals surface area contributed by atoms with E-state index in [9.17, 15) is 14.9 Å². The number of nitrogens with zero attached hydrogens (tertiary/aromatic N) is 3. The van der Waals surface area contributed by atoms with E-state index in [1.165, 1.54) is 17.5 Å². The number of fused-ring (bicyclic) bond motifs is 2. The first-order valence-electron chi connectivity index (χ1n) is 15.2. The molecule has 1 heterocycles. The van der Waals surface area contributed by atoms with Gasteiger partial charge in [-0.25, -0.2) is 0 Å². The van der Waals surface area contributed by atoms with Gasteiger partial charge in [0, 0.05) is 25.2 Å². The molecule has 7 nitrogen and oxygen atoms in total. The SMILES string of the molecule is O=C1c2cc([N+](=O)[O-])ccc2N(Cc2ccccc2)[C@@H](c2ccc(OCc3cccc4ccccc34)cc2)N1Cc1ccccc1. The van der Waals surface area contributed by atoms with Gasteiger partial charge in [0.05, 0.1) is 16.2 Å². The topological polar surface area (TPSA) is 75.9 Å². The van der Waals surface area contributed by atoms with Crippen LogP contribution in [0.4, 0.5) is 11.4 Å². The molecular formula is C39H31N3O4. The minimum Gasteiger partial charge on any atom is -0.489 e. The van der Waals surface area contributed by atoms with E-state index >= 15 is 0 Å². The average Bonchev–Trinajstić information content (AvgIpc) is 3.10. The van der Waals surface area contributed by atoms with Crippen LogP contribution in [-0.4, -0.2) is 15.7 Å². The normalized spacial score (nSPS) is 14.3. The van der Waals surface area contributed by atoms with Crippen LogP contribution in [0.15, 0.2) is 146 Å². The number of carbonyl (C=O) groups is 1. The molecule has 0 spiro atoms. The molecule has 46 heavy (non-hydrogen) atoms. The molecule has 1 amide bonds. The summed E-state index contributed by atoms with van der Waals surface area (Å²) in [5.74, 6) is 0.465. The molecule has 0 radical (unpaired) electrons. The van der Waals surface area contributed by atoms with Crippen LogP contribution in [0.25, 0.3) is 10.8 Å². The van der Waals surface area contributed by atoms with E-state index in [0.29, 0.717) is 30.9 Å². The standard InChI is InChI=1S/C39H31N3O4/c43-39-36-24-33(42(44)45)20-23-37(36)40(25-28-10-3-1-4-11-28)38(41(39)26-29-12-5-2-6-13-29)31-18-21-34(22-19-31)46-27-32-16-9-15-30-14-7-8-17-35(30)32/h1-24,38H,25-27H2/t38-/m1/s1. The molecule has 6 aromatic rings. The van der Waals surface area contributed by atoms with Crippen LogP contribution >= 0.6 is 0 Å². The second kappa shape index (κ2) is 12.6. The lowest BCUT2D eigenvalue weighted by molar-refractivity contribution is -0.384. The number of carbonyl (C=O) groups excluding carboxylic acids is 1. The van der Waals surface area contributed by atoms with Gasteiger partial charge in [0.2, 0.25) is 0 Å². The zero-order valence-corrected chi connectivity index (χ0v) is 25.0.